The summed E-state index contributed by atoms with van der Waals surface area (Å²) in [4.78, 5) is 35.8. The Morgan fingerprint density at radius 3 is 1.87 bits per heavy atom. The predicted octanol–water partition coefficient (Wildman–Crippen LogP) is 0.568. The lowest BCUT2D eigenvalue weighted by Crippen LogP contribution is -2.53. The number of nitrogens with one attached hydrogen (secondary N) is 2. The third kappa shape index (κ3) is 8.54. The van der Waals surface area contributed by atoms with Crippen molar-refractivity contribution in [3.63, 3.8) is 0 Å². The van der Waals surface area contributed by atoms with Crippen LogP contribution in [0, 0.1) is 11.8 Å². The molecular weight excluding hydrogens is 298 g/mol. The third-order valence-electron chi connectivity index (χ3n) is 3.32. The van der Waals surface area contributed by atoms with E-state index in [1.165, 1.54) is 7.11 Å². The van der Waals surface area contributed by atoms with Crippen LogP contribution in [0.2, 0.25) is 0 Å². The van der Waals surface area contributed by atoms with Crippen molar-refractivity contribution >= 4 is 17.8 Å². The lowest BCUT2D eigenvalue weighted by atomic mass is 10.0. The molecule has 2 amide bonds. The summed E-state index contributed by atoms with van der Waals surface area (Å²) in [6.07, 6.45) is 1.00. The molecule has 0 fully saturated rings. The second-order valence-electron chi connectivity index (χ2n) is 6.68. The molecule has 0 aromatic heterocycles. The zero-order valence-corrected chi connectivity index (χ0v) is 15.0. The van der Waals surface area contributed by atoms with Crippen LogP contribution in [-0.4, -0.2) is 43.0 Å². The fourth-order valence-corrected chi connectivity index (χ4v) is 2.13. The first-order valence-corrected chi connectivity index (χ1v) is 8.02. The average molecular weight is 329 g/mol. The van der Waals surface area contributed by atoms with Gasteiger partial charge in [0.05, 0.1) is 13.2 Å². The van der Waals surface area contributed by atoms with Crippen LogP contribution in [0.5, 0.6) is 0 Å². The Bertz CT molecular complexity index is 410. The highest BCUT2D eigenvalue weighted by atomic mass is 16.5. The predicted molar refractivity (Wildman–Crippen MR) is 88.4 cm³/mol. The smallest absolute Gasteiger partial charge is 0.328 e. The number of methoxy groups -OCH3 is 1. The second-order valence-corrected chi connectivity index (χ2v) is 6.68. The highest BCUT2D eigenvalue weighted by Crippen LogP contribution is 2.07. The Morgan fingerprint density at radius 1 is 0.913 bits per heavy atom. The van der Waals surface area contributed by atoms with E-state index in [9.17, 15) is 14.4 Å². The van der Waals surface area contributed by atoms with E-state index in [0.717, 1.165) is 0 Å². The van der Waals surface area contributed by atoms with Gasteiger partial charge < -0.3 is 21.1 Å². The third-order valence-corrected chi connectivity index (χ3v) is 3.32. The van der Waals surface area contributed by atoms with Gasteiger partial charge in [-0.2, -0.15) is 0 Å². The summed E-state index contributed by atoms with van der Waals surface area (Å²) in [6, 6.07) is -2.16. The maximum absolute atomic E-state index is 12.2. The van der Waals surface area contributed by atoms with Gasteiger partial charge in [0.1, 0.15) is 12.1 Å². The fraction of sp³-hybridized carbons (Fsp3) is 0.812. The fourth-order valence-electron chi connectivity index (χ4n) is 2.13. The molecule has 0 heterocycles. The molecule has 134 valence electrons. The molecule has 0 aliphatic carbocycles. The number of rotatable bonds is 9. The van der Waals surface area contributed by atoms with E-state index < -0.39 is 30.0 Å². The molecule has 0 saturated heterocycles. The van der Waals surface area contributed by atoms with Crippen molar-refractivity contribution in [2.75, 3.05) is 7.11 Å². The molecule has 0 bridgehead atoms. The first kappa shape index (κ1) is 21.4. The monoisotopic (exact) mass is 329 g/mol. The average Bonchev–Trinajstić information content (AvgIpc) is 2.44. The van der Waals surface area contributed by atoms with Gasteiger partial charge in [0.15, 0.2) is 0 Å². The van der Waals surface area contributed by atoms with E-state index in [-0.39, 0.29) is 17.7 Å². The van der Waals surface area contributed by atoms with Crippen molar-refractivity contribution < 1.29 is 19.1 Å². The molecule has 0 spiro atoms. The van der Waals surface area contributed by atoms with Crippen LogP contribution in [0.3, 0.4) is 0 Å². The van der Waals surface area contributed by atoms with Crippen molar-refractivity contribution in [3.8, 4) is 0 Å². The number of amides is 2. The van der Waals surface area contributed by atoms with Gasteiger partial charge in [-0.05, 0) is 31.6 Å². The second kappa shape index (κ2) is 10.2. The molecule has 0 aliphatic heterocycles. The van der Waals surface area contributed by atoms with E-state index in [1.54, 1.807) is 6.92 Å². The quantitative estimate of drug-likeness (QED) is 0.536. The Labute approximate surface area is 138 Å². The lowest BCUT2D eigenvalue weighted by Gasteiger charge is -2.22. The van der Waals surface area contributed by atoms with E-state index in [1.807, 2.05) is 27.7 Å². The summed E-state index contributed by atoms with van der Waals surface area (Å²) in [5.74, 6) is -0.813. The van der Waals surface area contributed by atoms with E-state index in [2.05, 4.69) is 10.6 Å². The number of nitrogens with two attached hydrogens (primary N) is 1. The van der Waals surface area contributed by atoms with Gasteiger partial charge in [0, 0.05) is 0 Å². The summed E-state index contributed by atoms with van der Waals surface area (Å²) >= 11 is 0. The highest BCUT2D eigenvalue weighted by Gasteiger charge is 2.26. The molecule has 3 atom stereocenters. The lowest BCUT2D eigenvalue weighted by molar-refractivity contribution is -0.145. The number of hydrogen-bond donors (Lipinski definition) is 3. The van der Waals surface area contributed by atoms with Crippen LogP contribution in [0.1, 0.15) is 47.5 Å². The van der Waals surface area contributed by atoms with Crippen LogP contribution in [0.25, 0.3) is 0 Å². The summed E-state index contributed by atoms with van der Waals surface area (Å²) in [6.45, 7) is 9.38. The van der Waals surface area contributed by atoms with E-state index in [4.69, 9.17) is 10.5 Å². The van der Waals surface area contributed by atoms with Crippen LogP contribution in [-0.2, 0) is 19.1 Å². The van der Waals surface area contributed by atoms with Crippen LogP contribution in [0.4, 0.5) is 0 Å². The van der Waals surface area contributed by atoms with Gasteiger partial charge in [-0.15, -0.1) is 0 Å². The normalized spacial score (nSPS) is 15.0. The Morgan fingerprint density at radius 2 is 1.43 bits per heavy atom. The molecule has 0 aromatic carbocycles. The zero-order valence-electron chi connectivity index (χ0n) is 15.0. The number of hydrogen-bond acceptors (Lipinski definition) is 5. The van der Waals surface area contributed by atoms with E-state index in [0.29, 0.717) is 12.8 Å². The van der Waals surface area contributed by atoms with Crippen molar-refractivity contribution in [3.05, 3.63) is 0 Å². The largest absolute Gasteiger partial charge is 0.467 e. The summed E-state index contributed by atoms with van der Waals surface area (Å²) in [5, 5.41) is 5.19. The molecule has 0 aliphatic rings. The van der Waals surface area contributed by atoms with Gasteiger partial charge in [0.25, 0.3) is 0 Å². The van der Waals surface area contributed by atoms with Gasteiger partial charge >= 0.3 is 5.97 Å². The summed E-state index contributed by atoms with van der Waals surface area (Å²) in [7, 11) is 1.28. The van der Waals surface area contributed by atoms with Gasteiger partial charge in [0.2, 0.25) is 11.8 Å². The minimum atomic E-state index is -0.778. The maximum Gasteiger partial charge on any atom is 0.328 e. The van der Waals surface area contributed by atoms with Gasteiger partial charge in [-0.25, -0.2) is 4.79 Å². The maximum atomic E-state index is 12.2. The summed E-state index contributed by atoms with van der Waals surface area (Å²) < 4.78 is 4.70. The topological polar surface area (TPSA) is 111 Å². The molecule has 0 radical (unpaired) electrons. The molecule has 4 N–H and O–H groups in total. The molecule has 7 heteroatoms. The van der Waals surface area contributed by atoms with Crippen LogP contribution in [0.15, 0.2) is 0 Å². The molecule has 7 nitrogen and oxygen atoms in total. The van der Waals surface area contributed by atoms with Crippen molar-refractivity contribution in [2.24, 2.45) is 17.6 Å². The SMILES string of the molecule is COC(=O)[C@H](CC(C)C)NC(=O)[C@H](C)NC(=O)[C@@H](N)CC(C)C. The van der Waals surface area contributed by atoms with Crippen molar-refractivity contribution in [1.29, 1.82) is 0 Å². The Hall–Kier alpha value is -1.63. The van der Waals surface area contributed by atoms with Gasteiger partial charge in [-0.3, -0.25) is 9.59 Å². The van der Waals surface area contributed by atoms with Crippen molar-refractivity contribution in [2.45, 2.75) is 65.6 Å². The summed E-state index contributed by atoms with van der Waals surface area (Å²) in [5.41, 5.74) is 5.79. The van der Waals surface area contributed by atoms with Gasteiger partial charge in [-0.1, -0.05) is 27.7 Å². The first-order valence-electron chi connectivity index (χ1n) is 8.02. The number of carbonyl (C=O) groups is 3. The standard InChI is InChI=1S/C16H31N3O4/c1-9(2)7-12(17)15(21)18-11(5)14(20)19-13(8-10(3)4)16(22)23-6/h9-13H,7-8,17H2,1-6H3,(H,18,21)(H,19,20)/t11-,12-,13-/m0/s1. The zero-order chi connectivity index (χ0) is 18.2. The molecule has 0 saturated carbocycles. The number of carbonyl (C=O) groups excluding carboxylic acids is 3. The minimum Gasteiger partial charge on any atom is -0.467 e. The molecule has 0 unspecified atom stereocenters. The van der Waals surface area contributed by atoms with Crippen LogP contribution >= 0.6 is 0 Å². The van der Waals surface area contributed by atoms with E-state index >= 15 is 0 Å². The molecule has 0 aromatic rings. The molecular formula is C16H31N3O4. The Balaban J connectivity index is 4.62. The van der Waals surface area contributed by atoms with Crippen molar-refractivity contribution in [1.82, 2.24) is 10.6 Å². The number of ether oxygens (including phenoxy) is 1. The number of esters is 1. The minimum absolute atomic E-state index is 0.212. The highest BCUT2D eigenvalue weighted by molar-refractivity contribution is 5.91. The Kier molecular flexibility index (Phi) is 9.48. The molecule has 0 rings (SSSR count). The van der Waals surface area contributed by atoms with Crippen LogP contribution < -0.4 is 16.4 Å². The molecule has 23 heavy (non-hydrogen) atoms. The first-order chi connectivity index (χ1) is 10.6.